The summed E-state index contributed by atoms with van der Waals surface area (Å²) in [6, 6.07) is 15.4. The third kappa shape index (κ3) is 2.76. The smallest absolute Gasteiger partial charge is 0.0236 e. The van der Waals surface area contributed by atoms with Gasteiger partial charge in [0.1, 0.15) is 0 Å². The van der Waals surface area contributed by atoms with E-state index in [9.17, 15) is 0 Å². The first kappa shape index (κ1) is 12.3. The molecule has 2 aromatic carbocycles. The second-order valence-electron chi connectivity index (χ2n) is 4.76. The van der Waals surface area contributed by atoms with E-state index >= 15 is 0 Å². The van der Waals surface area contributed by atoms with Gasteiger partial charge in [0.25, 0.3) is 0 Å². The van der Waals surface area contributed by atoms with Crippen LogP contribution in [0.25, 0.3) is 0 Å². The Kier molecular flexibility index (Phi) is 3.64. The predicted molar refractivity (Wildman–Crippen MR) is 78.6 cm³/mol. The third-order valence-corrected chi connectivity index (χ3v) is 3.87. The standard InChI is InChI=1S/C16H19P/c1-11-8-12(2)10-14(9-11)16(17)15-7-5-4-6-13(15)3/h4-10,16H,17H2,1-3H3. The Morgan fingerprint density at radius 2 is 1.47 bits per heavy atom. The Morgan fingerprint density at radius 3 is 2.06 bits per heavy atom. The van der Waals surface area contributed by atoms with Gasteiger partial charge in [0.05, 0.1) is 0 Å². The number of aryl methyl sites for hydroxylation is 3. The fourth-order valence-corrected chi connectivity index (χ4v) is 2.87. The number of rotatable bonds is 2. The molecule has 2 rings (SSSR count). The van der Waals surface area contributed by atoms with Gasteiger partial charge in [0.15, 0.2) is 0 Å². The van der Waals surface area contributed by atoms with Crippen molar-refractivity contribution in [3.8, 4) is 0 Å². The summed E-state index contributed by atoms with van der Waals surface area (Å²) in [5, 5.41) is 0. The highest BCUT2D eigenvalue weighted by Gasteiger charge is 2.11. The van der Waals surface area contributed by atoms with E-state index in [2.05, 4.69) is 72.5 Å². The molecule has 2 atom stereocenters. The van der Waals surface area contributed by atoms with Gasteiger partial charge in [0.2, 0.25) is 0 Å². The highest BCUT2D eigenvalue weighted by molar-refractivity contribution is 7.17. The molecule has 88 valence electrons. The van der Waals surface area contributed by atoms with E-state index in [0.717, 1.165) is 0 Å². The molecule has 0 aliphatic heterocycles. The highest BCUT2D eigenvalue weighted by atomic mass is 31.0. The molecule has 2 aromatic rings. The number of hydrogen-bond acceptors (Lipinski definition) is 0. The van der Waals surface area contributed by atoms with Crippen molar-refractivity contribution in [1.29, 1.82) is 0 Å². The quantitative estimate of drug-likeness (QED) is 0.676. The zero-order chi connectivity index (χ0) is 12.4. The van der Waals surface area contributed by atoms with Crippen LogP contribution in [0.5, 0.6) is 0 Å². The SMILES string of the molecule is Cc1cc(C)cc(C(P)c2ccccc2C)c1. The van der Waals surface area contributed by atoms with Crippen molar-refractivity contribution in [1.82, 2.24) is 0 Å². The highest BCUT2D eigenvalue weighted by Crippen LogP contribution is 2.33. The Balaban J connectivity index is 2.43. The second kappa shape index (κ2) is 5.02. The minimum atomic E-state index is 0.384. The molecular weight excluding hydrogens is 223 g/mol. The molecule has 2 unspecified atom stereocenters. The van der Waals surface area contributed by atoms with Crippen LogP contribution in [0.1, 0.15) is 33.5 Å². The lowest BCUT2D eigenvalue weighted by Crippen LogP contribution is -1.96. The number of benzene rings is 2. The second-order valence-corrected chi connectivity index (χ2v) is 5.42. The molecule has 0 heterocycles. The molecule has 0 aromatic heterocycles. The molecule has 0 aliphatic carbocycles. The van der Waals surface area contributed by atoms with E-state index in [1.165, 1.54) is 27.8 Å². The van der Waals surface area contributed by atoms with Gasteiger partial charge in [-0.05, 0) is 37.5 Å². The summed E-state index contributed by atoms with van der Waals surface area (Å²) in [4.78, 5) is 0. The lowest BCUT2D eigenvalue weighted by atomic mass is 9.97. The monoisotopic (exact) mass is 242 g/mol. The summed E-state index contributed by atoms with van der Waals surface area (Å²) >= 11 is 0. The lowest BCUT2D eigenvalue weighted by molar-refractivity contribution is 1.11. The van der Waals surface area contributed by atoms with Crippen LogP contribution < -0.4 is 0 Å². The van der Waals surface area contributed by atoms with Gasteiger partial charge < -0.3 is 0 Å². The van der Waals surface area contributed by atoms with Gasteiger partial charge in [-0.3, -0.25) is 0 Å². The zero-order valence-corrected chi connectivity index (χ0v) is 11.9. The van der Waals surface area contributed by atoms with Gasteiger partial charge in [-0.2, -0.15) is 0 Å². The van der Waals surface area contributed by atoms with Crippen LogP contribution >= 0.6 is 9.24 Å². The Bertz CT molecular complexity index is 509. The van der Waals surface area contributed by atoms with Gasteiger partial charge in [-0.25, -0.2) is 0 Å². The fraction of sp³-hybridized carbons (Fsp3) is 0.250. The maximum atomic E-state index is 2.97. The Morgan fingerprint density at radius 1 is 0.882 bits per heavy atom. The molecule has 0 N–H and O–H groups in total. The van der Waals surface area contributed by atoms with Crippen LogP contribution in [0.15, 0.2) is 42.5 Å². The van der Waals surface area contributed by atoms with Crippen LogP contribution in [0.4, 0.5) is 0 Å². The summed E-state index contributed by atoms with van der Waals surface area (Å²) in [5.74, 6) is 0. The third-order valence-electron chi connectivity index (χ3n) is 3.13. The van der Waals surface area contributed by atoms with Crippen molar-refractivity contribution in [3.63, 3.8) is 0 Å². The first-order valence-corrected chi connectivity index (χ1v) is 6.64. The lowest BCUT2D eigenvalue weighted by Gasteiger charge is -2.16. The van der Waals surface area contributed by atoms with E-state index in [1.807, 2.05) is 0 Å². The molecule has 17 heavy (non-hydrogen) atoms. The summed E-state index contributed by atoms with van der Waals surface area (Å²) in [6.07, 6.45) is 0. The van der Waals surface area contributed by atoms with Crippen molar-refractivity contribution >= 4 is 9.24 Å². The molecule has 0 radical (unpaired) electrons. The Labute approximate surface area is 106 Å². The molecule has 0 spiro atoms. The molecule has 0 saturated carbocycles. The fourth-order valence-electron chi connectivity index (χ4n) is 2.30. The molecule has 0 saturated heterocycles. The van der Waals surface area contributed by atoms with Crippen molar-refractivity contribution in [2.24, 2.45) is 0 Å². The molecule has 0 amide bonds. The van der Waals surface area contributed by atoms with Gasteiger partial charge in [-0.1, -0.05) is 53.6 Å². The number of hydrogen-bond donors (Lipinski definition) is 0. The van der Waals surface area contributed by atoms with E-state index in [0.29, 0.717) is 5.66 Å². The average Bonchev–Trinajstić information content (AvgIpc) is 2.27. The topological polar surface area (TPSA) is 0 Å². The van der Waals surface area contributed by atoms with Crippen molar-refractivity contribution in [2.75, 3.05) is 0 Å². The first-order chi connectivity index (χ1) is 8.08. The normalized spacial score (nSPS) is 12.5. The molecule has 0 aliphatic rings. The molecule has 1 heteroatoms. The van der Waals surface area contributed by atoms with Crippen LogP contribution in [0.2, 0.25) is 0 Å². The summed E-state index contributed by atoms with van der Waals surface area (Å²) in [5.41, 5.74) is 7.17. The van der Waals surface area contributed by atoms with Gasteiger partial charge in [-0.15, -0.1) is 9.24 Å². The van der Waals surface area contributed by atoms with E-state index in [4.69, 9.17) is 0 Å². The van der Waals surface area contributed by atoms with Crippen LogP contribution in [-0.2, 0) is 0 Å². The van der Waals surface area contributed by atoms with Crippen molar-refractivity contribution < 1.29 is 0 Å². The Hall–Kier alpha value is -1.13. The van der Waals surface area contributed by atoms with E-state index in [1.54, 1.807) is 0 Å². The largest absolute Gasteiger partial charge is 0.125 e. The van der Waals surface area contributed by atoms with Crippen LogP contribution in [0.3, 0.4) is 0 Å². The predicted octanol–water partition coefficient (Wildman–Crippen LogP) is 4.58. The summed E-state index contributed by atoms with van der Waals surface area (Å²) < 4.78 is 0. The molecule has 0 bridgehead atoms. The van der Waals surface area contributed by atoms with E-state index < -0.39 is 0 Å². The maximum absolute atomic E-state index is 2.97. The minimum Gasteiger partial charge on any atom is -0.125 e. The molecule has 0 nitrogen and oxygen atoms in total. The van der Waals surface area contributed by atoms with Crippen LogP contribution in [0, 0.1) is 20.8 Å². The zero-order valence-electron chi connectivity index (χ0n) is 10.7. The van der Waals surface area contributed by atoms with Crippen molar-refractivity contribution in [3.05, 3.63) is 70.3 Å². The van der Waals surface area contributed by atoms with Gasteiger partial charge in [0, 0.05) is 5.66 Å². The summed E-state index contributed by atoms with van der Waals surface area (Å²) in [7, 11) is 2.97. The average molecular weight is 242 g/mol. The molecule has 0 fully saturated rings. The van der Waals surface area contributed by atoms with E-state index in [-0.39, 0.29) is 0 Å². The summed E-state index contributed by atoms with van der Waals surface area (Å²) in [6.45, 7) is 6.49. The van der Waals surface area contributed by atoms with Crippen LogP contribution in [-0.4, -0.2) is 0 Å². The maximum Gasteiger partial charge on any atom is 0.0236 e. The molecular formula is C16H19P. The minimum absolute atomic E-state index is 0.384. The van der Waals surface area contributed by atoms with Crippen molar-refractivity contribution in [2.45, 2.75) is 26.4 Å². The first-order valence-electron chi connectivity index (χ1n) is 5.97. The van der Waals surface area contributed by atoms with Gasteiger partial charge >= 0.3 is 0 Å².